The van der Waals surface area contributed by atoms with E-state index in [2.05, 4.69) is 47.9 Å². The van der Waals surface area contributed by atoms with Crippen LogP contribution in [0.3, 0.4) is 0 Å². The van der Waals surface area contributed by atoms with Gasteiger partial charge in [0.15, 0.2) is 0 Å². The van der Waals surface area contributed by atoms with E-state index in [0.717, 1.165) is 12.2 Å². The molecule has 0 aliphatic heterocycles. The Labute approximate surface area is 115 Å². The maximum absolute atomic E-state index is 5.36. The average Bonchev–Trinajstić information content (AvgIpc) is 2.94. The molecule has 2 heteroatoms. The van der Waals surface area contributed by atoms with Crippen molar-refractivity contribution in [3.63, 3.8) is 0 Å². The van der Waals surface area contributed by atoms with E-state index in [0.29, 0.717) is 0 Å². The molecule has 92 valence electrons. The van der Waals surface area contributed by atoms with Crippen molar-refractivity contribution in [1.82, 2.24) is 0 Å². The Bertz CT molecular complexity index is 852. The summed E-state index contributed by atoms with van der Waals surface area (Å²) in [5.74, 6) is 1.03. The second-order valence-electron chi connectivity index (χ2n) is 4.82. The molecule has 0 atom stereocenters. The topological polar surface area (TPSA) is 11.3 Å². The fourth-order valence-corrected chi connectivity index (χ4v) is 3.78. The largest absolute Gasteiger partial charge is 0.323 e. The number of hydrogen-bond acceptors (Lipinski definition) is 1. The lowest BCUT2D eigenvalue weighted by Gasteiger charge is -2.12. The molecule has 19 heavy (non-hydrogen) atoms. The molecule has 1 heterocycles. The number of thiophene rings is 1. The molecule has 0 unspecified atom stereocenters. The molecule has 0 saturated carbocycles. The minimum absolute atomic E-state index is 0.889. The van der Waals surface area contributed by atoms with Gasteiger partial charge in [-0.25, -0.2) is 0 Å². The van der Waals surface area contributed by atoms with Crippen LogP contribution in [0.1, 0.15) is 11.1 Å². The summed E-state index contributed by atoms with van der Waals surface area (Å²) in [5, 5.41) is 6.21. The summed E-state index contributed by atoms with van der Waals surface area (Å²) in [6.45, 7) is 0. The summed E-state index contributed by atoms with van der Waals surface area (Å²) in [6, 6.07) is 11.1. The molecule has 1 aliphatic rings. The van der Waals surface area contributed by atoms with E-state index in [-0.39, 0.29) is 0 Å². The van der Waals surface area contributed by atoms with Gasteiger partial charge < -0.3 is 0 Å². The minimum Gasteiger partial charge on any atom is -0.262 e. The molecule has 0 bridgehead atoms. The third-order valence-corrected chi connectivity index (χ3v) is 4.74. The Kier molecular flexibility index (Phi) is 2.32. The number of hydrogen-bond donors (Lipinski definition) is 0. The molecule has 4 rings (SSSR count). The van der Waals surface area contributed by atoms with Gasteiger partial charge in [0.05, 0.1) is 6.42 Å². The van der Waals surface area contributed by atoms with Crippen molar-refractivity contribution in [1.29, 1.82) is 0 Å². The van der Waals surface area contributed by atoms with Crippen LogP contribution in [0.4, 0.5) is 0 Å². The fraction of sp³-hybridized carbons (Fsp3) is 0.118. The molecule has 2 aromatic carbocycles. The molecular formula is C17H13OS+. The summed E-state index contributed by atoms with van der Waals surface area (Å²) < 4.78 is 6.75. The number of fused-ring (bicyclic) bond motifs is 5. The van der Waals surface area contributed by atoms with Crippen molar-refractivity contribution >= 4 is 44.1 Å². The third-order valence-electron chi connectivity index (χ3n) is 3.80. The molecular weight excluding hydrogens is 252 g/mol. The second-order valence-corrected chi connectivity index (χ2v) is 5.74. The quantitative estimate of drug-likeness (QED) is 0.535. The van der Waals surface area contributed by atoms with E-state index in [1.165, 1.54) is 32.0 Å². The summed E-state index contributed by atoms with van der Waals surface area (Å²) in [4.78, 5) is 0. The Morgan fingerprint density at radius 1 is 1.00 bits per heavy atom. The van der Waals surface area contributed by atoms with Crippen LogP contribution in [-0.4, -0.2) is 12.9 Å². The van der Waals surface area contributed by atoms with E-state index in [1.807, 2.05) is 11.3 Å². The number of allylic oxidation sites excluding steroid dienone is 1. The number of benzene rings is 2. The fourth-order valence-electron chi connectivity index (χ4n) is 2.81. The van der Waals surface area contributed by atoms with Gasteiger partial charge in [-0.05, 0) is 39.4 Å². The van der Waals surface area contributed by atoms with Crippen LogP contribution in [0.5, 0.6) is 0 Å². The van der Waals surface area contributed by atoms with E-state index in [9.17, 15) is 0 Å². The molecule has 0 spiro atoms. The van der Waals surface area contributed by atoms with Gasteiger partial charge in [0, 0.05) is 16.2 Å². The lowest BCUT2D eigenvalue weighted by atomic mass is 9.91. The van der Waals surface area contributed by atoms with Crippen LogP contribution in [0, 0.1) is 0 Å². The monoisotopic (exact) mass is 265 g/mol. The Balaban J connectivity index is 2.15. The third kappa shape index (κ3) is 1.57. The van der Waals surface area contributed by atoms with Gasteiger partial charge in [0.25, 0.3) is 7.11 Å². The van der Waals surface area contributed by atoms with E-state index in [4.69, 9.17) is 4.42 Å². The zero-order valence-electron chi connectivity index (χ0n) is 10.6. The van der Waals surface area contributed by atoms with Crippen molar-refractivity contribution in [3.8, 4) is 0 Å². The van der Waals surface area contributed by atoms with Crippen LogP contribution >= 0.6 is 11.3 Å². The first-order valence-electron chi connectivity index (χ1n) is 6.36. The normalized spacial score (nSPS) is 16.4. The lowest BCUT2D eigenvalue weighted by Crippen LogP contribution is -2.07. The summed E-state index contributed by atoms with van der Waals surface area (Å²) in [5.41, 5.74) is 2.71. The van der Waals surface area contributed by atoms with Gasteiger partial charge >= 0.3 is 5.78 Å². The first kappa shape index (κ1) is 10.9. The van der Waals surface area contributed by atoms with Gasteiger partial charge in [-0.3, -0.25) is 4.42 Å². The molecule has 0 radical (unpaired) electrons. The molecule has 1 nitrogen and oxygen atoms in total. The van der Waals surface area contributed by atoms with E-state index >= 15 is 0 Å². The maximum Gasteiger partial charge on any atom is 0.323 e. The van der Waals surface area contributed by atoms with E-state index < -0.39 is 0 Å². The van der Waals surface area contributed by atoms with Crippen LogP contribution in [0.2, 0.25) is 0 Å². The number of rotatable bonds is 0. The van der Waals surface area contributed by atoms with Crippen molar-refractivity contribution in [3.05, 3.63) is 52.9 Å². The second kappa shape index (κ2) is 4.04. The number of carbonyl (C=O) groups excluding carboxylic acids is 1. The highest BCUT2D eigenvalue weighted by atomic mass is 32.1. The van der Waals surface area contributed by atoms with Crippen LogP contribution in [0.25, 0.3) is 26.9 Å². The highest BCUT2D eigenvalue weighted by Crippen LogP contribution is 2.35. The highest BCUT2D eigenvalue weighted by Gasteiger charge is 2.18. The zero-order valence-corrected chi connectivity index (χ0v) is 11.5. The molecule has 0 N–H and O–H groups in total. The molecule has 3 aromatic rings. The lowest BCUT2D eigenvalue weighted by molar-refractivity contribution is -0.420. The van der Waals surface area contributed by atoms with Crippen molar-refractivity contribution < 1.29 is 4.42 Å². The summed E-state index contributed by atoms with van der Waals surface area (Å²) >= 11 is 1.82. The smallest absolute Gasteiger partial charge is 0.262 e. The van der Waals surface area contributed by atoms with Crippen molar-refractivity contribution in [2.75, 3.05) is 7.11 Å². The van der Waals surface area contributed by atoms with Crippen molar-refractivity contribution in [2.24, 2.45) is 0 Å². The standard InChI is InChI=1S/C17H13OS/c1-18-14-6-7-15-13(10-14)5-3-11-2-4-12-8-9-19-17(12)16(11)15/h2-9H,10H2,1H3/q+1. The number of ketones is 1. The zero-order chi connectivity index (χ0) is 12.8. The Hall–Kier alpha value is -1.93. The van der Waals surface area contributed by atoms with Crippen LogP contribution in [-0.2, 0) is 10.8 Å². The predicted molar refractivity (Wildman–Crippen MR) is 83.0 cm³/mol. The summed E-state index contributed by atoms with van der Waals surface area (Å²) in [6.07, 6.45) is 5.17. The molecule has 0 amide bonds. The van der Waals surface area contributed by atoms with Gasteiger partial charge in [-0.15, -0.1) is 11.3 Å². The minimum atomic E-state index is 0.889. The Morgan fingerprint density at radius 2 is 1.84 bits per heavy atom. The SMILES string of the molecule is C[O+]=C1C=Cc2c(ccc3ccc4ccsc4c23)C1. The molecule has 1 aromatic heterocycles. The van der Waals surface area contributed by atoms with Gasteiger partial charge in [-0.1, -0.05) is 24.3 Å². The molecule has 0 saturated heterocycles. The van der Waals surface area contributed by atoms with Crippen LogP contribution in [0.15, 0.2) is 41.8 Å². The maximum atomic E-state index is 5.36. The highest BCUT2D eigenvalue weighted by molar-refractivity contribution is 7.18. The predicted octanol–water partition coefficient (Wildman–Crippen LogP) is 4.36. The van der Waals surface area contributed by atoms with Gasteiger partial charge in [0.1, 0.15) is 0 Å². The van der Waals surface area contributed by atoms with Gasteiger partial charge in [0.2, 0.25) is 0 Å². The van der Waals surface area contributed by atoms with E-state index in [1.54, 1.807) is 7.11 Å². The summed E-state index contributed by atoms with van der Waals surface area (Å²) in [7, 11) is 1.74. The first-order valence-corrected chi connectivity index (χ1v) is 7.24. The average molecular weight is 265 g/mol. The Morgan fingerprint density at radius 3 is 2.74 bits per heavy atom. The molecule has 0 fully saturated rings. The van der Waals surface area contributed by atoms with Crippen LogP contribution < -0.4 is 0 Å². The van der Waals surface area contributed by atoms with Crippen molar-refractivity contribution in [2.45, 2.75) is 6.42 Å². The van der Waals surface area contributed by atoms with Gasteiger partial charge in [-0.2, -0.15) is 0 Å². The molecule has 1 aliphatic carbocycles. The first-order chi connectivity index (χ1) is 9.36.